The minimum Gasteiger partial charge on any atom is -0.427 e. The van der Waals surface area contributed by atoms with Gasteiger partial charge in [-0.05, 0) is 11.2 Å². The van der Waals surface area contributed by atoms with Crippen molar-refractivity contribution in [3.8, 4) is 0 Å². The van der Waals surface area contributed by atoms with E-state index in [2.05, 4.69) is 0 Å². The second kappa shape index (κ2) is 3.41. The number of hydrogen-bond acceptors (Lipinski definition) is 3. The van der Waals surface area contributed by atoms with Crippen molar-refractivity contribution < 1.29 is 20.0 Å². The molecule has 0 aliphatic rings. The summed E-state index contributed by atoms with van der Waals surface area (Å²) in [6.45, 7) is 0. The summed E-state index contributed by atoms with van der Waals surface area (Å²) in [5, 5.41) is 19.9. The lowest BCUT2D eigenvalue weighted by Crippen LogP contribution is -2.64. The maximum atomic E-state index is 11.5. The van der Waals surface area contributed by atoms with Gasteiger partial charge in [-0.25, -0.2) is 0 Å². The summed E-state index contributed by atoms with van der Waals surface area (Å²) in [5.74, 6) is 0. The minimum atomic E-state index is 0.145. The summed E-state index contributed by atoms with van der Waals surface area (Å²) in [5.41, 5.74) is 0.845. The highest BCUT2D eigenvalue weighted by Gasteiger charge is 2.14. The van der Waals surface area contributed by atoms with Crippen molar-refractivity contribution in [2.75, 3.05) is 0 Å². The highest BCUT2D eigenvalue weighted by molar-refractivity contribution is 5.77. The van der Waals surface area contributed by atoms with Crippen LogP contribution in [0.1, 0.15) is 5.69 Å². The minimum absolute atomic E-state index is 0.145. The van der Waals surface area contributed by atoms with Crippen LogP contribution < -0.4 is 9.58 Å². The van der Waals surface area contributed by atoms with E-state index in [9.17, 15) is 10.1 Å². The molecule has 6 heteroatoms. The molecule has 0 spiro atoms. The molecule has 15 heavy (non-hydrogen) atoms. The molecular formula is C9H9N3O3+2. The molecule has 1 heterocycles. The highest BCUT2D eigenvalue weighted by Crippen LogP contribution is 2.07. The van der Waals surface area contributed by atoms with E-state index in [0.717, 1.165) is 17.1 Å². The average Bonchev–Trinajstić information content (AvgIpc) is 2.26. The largest absolute Gasteiger partial charge is 0.427 e. The lowest BCUT2D eigenvalue weighted by molar-refractivity contribution is -0.733. The Labute approximate surface area is 83.9 Å². The maximum Gasteiger partial charge on any atom is 0.289 e. The third kappa shape index (κ3) is 1.41. The number of nitrogens with zero attached hydrogens (tertiary/aromatic N) is 2. The second-order valence-corrected chi connectivity index (χ2v) is 2.95. The first-order valence-electron chi connectivity index (χ1n) is 4.23. The summed E-state index contributed by atoms with van der Waals surface area (Å²) in [6.07, 6.45) is 2.24. The fraction of sp³-hybridized carbons (Fsp3) is 0. The van der Waals surface area contributed by atoms with Gasteiger partial charge in [0.2, 0.25) is 11.9 Å². The zero-order valence-electron chi connectivity index (χ0n) is 7.66. The van der Waals surface area contributed by atoms with Crippen LogP contribution in [0, 0.1) is 4.91 Å². The summed E-state index contributed by atoms with van der Waals surface area (Å²) < 4.78 is 1.43. The van der Waals surface area contributed by atoms with Crippen molar-refractivity contribution in [3.05, 3.63) is 41.1 Å². The van der Waals surface area contributed by atoms with E-state index in [4.69, 9.17) is 5.21 Å². The zero-order chi connectivity index (χ0) is 10.8. The number of nitrogens with one attached hydrogen (secondary N) is 1. The Morgan fingerprint density at radius 3 is 2.87 bits per heavy atom. The summed E-state index contributed by atoms with van der Waals surface area (Å²) in [6, 6.07) is 6.58. The van der Waals surface area contributed by atoms with Gasteiger partial charge in [0.1, 0.15) is 0 Å². The van der Waals surface area contributed by atoms with Crippen LogP contribution in [0.2, 0.25) is 0 Å². The van der Waals surface area contributed by atoms with E-state index >= 15 is 0 Å². The molecule has 0 saturated carbocycles. The number of para-hydroxylation sites is 2. The molecule has 1 aromatic carbocycles. The molecule has 0 atom stereocenters. The molecule has 0 bridgehead atoms. The lowest BCUT2D eigenvalue weighted by Gasteiger charge is -1.99. The molecule has 3 N–H and O–H groups in total. The fourth-order valence-electron chi connectivity index (χ4n) is 1.38. The van der Waals surface area contributed by atoms with Crippen molar-refractivity contribution in [2.45, 2.75) is 0 Å². The van der Waals surface area contributed by atoms with Gasteiger partial charge in [0.25, 0.3) is 11.7 Å². The van der Waals surface area contributed by atoms with Crippen LogP contribution in [0.3, 0.4) is 0 Å². The quantitative estimate of drug-likeness (QED) is 0.178. The SMILES string of the molecule is O=[n+]1cc(/C=[NH+]/O)n(O)c2ccccc21. The molecule has 76 valence electrons. The molecule has 2 rings (SSSR count). The van der Waals surface area contributed by atoms with Gasteiger partial charge in [0.05, 0.1) is 4.43 Å². The predicted molar refractivity (Wildman–Crippen MR) is 50.4 cm³/mol. The van der Waals surface area contributed by atoms with E-state index in [-0.39, 0.29) is 5.69 Å². The molecule has 2 aromatic rings. The molecule has 0 aliphatic heterocycles. The van der Waals surface area contributed by atoms with Crippen molar-refractivity contribution in [2.24, 2.45) is 0 Å². The number of rotatable bonds is 1. The van der Waals surface area contributed by atoms with Gasteiger partial charge in [-0.15, -0.1) is 0 Å². The Hall–Kier alpha value is -2.37. The standard InChI is InChI=1S/C9H7N3O3/c13-10-5-7-6-11(14)8-3-1-2-4-9(8)12(7)15/h1-6,15H/p+2/b10-5+. The molecule has 6 nitrogen and oxygen atoms in total. The Kier molecular flexibility index (Phi) is 2.09. The topological polar surface area (TPSA) is 82.3 Å². The van der Waals surface area contributed by atoms with E-state index in [1.165, 1.54) is 0 Å². The number of aromatic nitrogens is 2. The number of benzene rings is 1. The second-order valence-electron chi connectivity index (χ2n) is 2.95. The molecule has 0 fully saturated rings. The number of hydrogen-bond donors (Lipinski definition) is 3. The van der Waals surface area contributed by atoms with Gasteiger partial charge in [-0.1, -0.05) is 12.1 Å². The van der Waals surface area contributed by atoms with E-state index < -0.39 is 0 Å². The Bertz CT molecular complexity index is 589. The average molecular weight is 207 g/mol. The van der Waals surface area contributed by atoms with Crippen LogP contribution in [0.4, 0.5) is 0 Å². The van der Waals surface area contributed by atoms with Crippen molar-refractivity contribution in [1.82, 2.24) is 4.73 Å². The van der Waals surface area contributed by atoms with Gasteiger partial charge in [0.15, 0.2) is 5.52 Å². The molecule has 0 saturated heterocycles. The lowest BCUT2D eigenvalue weighted by atomic mass is 10.3. The van der Waals surface area contributed by atoms with Gasteiger partial charge in [-0.2, -0.15) is 4.73 Å². The Balaban J connectivity index is 2.90. The first-order valence-corrected chi connectivity index (χ1v) is 4.23. The van der Waals surface area contributed by atoms with Gasteiger partial charge >= 0.3 is 0 Å². The molecule has 0 unspecified atom stereocenters. The Morgan fingerprint density at radius 1 is 1.40 bits per heavy atom. The van der Waals surface area contributed by atoms with Crippen LogP contribution in [0.5, 0.6) is 0 Å². The van der Waals surface area contributed by atoms with Crippen LogP contribution in [0.25, 0.3) is 11.0 Å². The van der Waals surface area contributed by atoms with E-state index in [0.29, 0.717) is 15.5 Å². The van der Waals surface area contributed by atoms with Gasteiger partial charge < -0.3 is 5.21 Å². The molecule has 0 radical (unpaired) electrons. The zero-order valence-corrected chi connectivity index (χ0v) is 7.66. The number of fused-ring (bicyclic) bond motifs is 1. The molecule has 0 amide bonds. The van der Waals surface area contributed by atoms with E-state index in [1.807, 2.05) is 0 Å². The summed E-state index contributed by atoms with van der Waals surface area (Å²) >= 11 is 0. The van der Waals surface area contributed by atoms with Crippen LogP contribution >= 0.6 is 0 Å². The summed E-state index contributed by atoms with van der Waals surface area (Å²) in [7, 11) is 0. The van der Waals surface area contributed by atoms with Crippen LogP contribution in [-0.4, -0.2) is 21.4 Å². The Morgan fingerprint density at radius 2 is 2.13 bits per heavy atom. The smallest absolute Gasteiger partial charge is 0.289 e. The third-order valence-electron chi connectivity index (χ3n) is 2.05. The maximum absolute atomic E-state index is 11.5. The van der Waals surface area contributed by atoms with Crippen molar-refractivity contribution in [3.63, 3.8) is 0 Å². The fourth-order valence-corrected chi connectivity index (χ4v) is 1.38. The van der Waals surface area contributed by atoms with Crippen molar-refractivity contribution >= 4 is 17.2 Å². The van der Waals surface area contributed by atoms with Gasteiger partial charge in [0, 0.05) is 11.0 Å². The predicted octanol–water partition coefficient (Wildman–Crippen LogP) is -1.32. The van der Waals surface area contributed by atoms with Crippen molar-refractivity contribution in [1.29, 1.82) is 0 Å². The first kappa shape index (κ1) is 9.20. The highest BCUT2D eigenvalue weighted by atomic mass is 16.5. The van der Waals surface area contributed by atoms with Gasteiger partial charge in [-0.3, -0.25) is 5.21 Å². The third-order valence-corrected chi connectivity index (χ3v) is 2.05. The normalized spacial score (nSPS) is 11.2. The monoisotopic (exact) mass is 207 g/mol. The molecular weight excluding hydrogens is 198 g/mol. The van der Waals surface area contributed by atoms with Crippen LogP contribution in [-0.2, 0) is 0 Å². The molecule has 1 aromatic heterocycles. The summed E-state index contributed by atoms with van der Waals surface area (Å²) in [4.78, 5) is 11.5. The van der Waals surface area contributed by atoms with E-state index in [1.54, 1.807) is 29.4 Å². The first-order chi connectivity index (χ1) is 7.24. The van der Waals surface area contributed by atoms with Crippen LogP contribution in [0.15, 0.2) is 30.5 Å². The molecule has 0 aliphatic carbocycles.